The molecular weight excluding hydrogens is 320 g/mol. The number of benzene rings is 1. The molecule has 1 aromatic rings. The fourth-order valence-corrected chi connectivity index (χ4v) is 3.39. The quantitative estimate of drug-likeness (QED) is 0.619. The second kappa shape index (κ2) is 7.58. The summed E-state index contributed by atoms with van der Waals surface area (Å²) >= 11 is 0. The van der Waals surface area contributed by atoms with Crippen LogP contribution in [0.5, 0.6) is 0 Å². The molecule has 1 atom stereocenters. The summed E-state index contributed by atoms with van der Waals surface area (Å²) in [6.45, 7) is 4.74. The van der Waals surface area contributed by atoms with E-state index < -0.39 is 16.0 Å². The van der Waals surface area contributed by atoms with Crippen molar-refractivity contribution < 1.29 is 23.1 Å². The third kappa shape index (κ3) is 4.54. The monoisotopic (exact) mass is 340 g/mol. The minimum Gasteiger partial charge on any atom is -0.478 e. The molecule has 1 aliphatic rings. The molecular formula is C15H20N2O5S. The molecule has 0 aromatic heterocycles. The lowest BCUT2D eigenvalue weighted by Gasteiger charge is -2.13. The van der Waals surface area contributed by atoms with Crippen molar-refractivity contribution in [3.05, 3.63) is 36.4 Å². The lowest BCUT2D eigenvalue weighted by Crippen LogP contribution is -2.32. The molecule has 1 aliphatic heterocycles. The fraction of sp³-hybridized carbons (Fsp3) is 0.400. The average Bonchev–Trinajstić information content (AvgIpc) is 3.04. The molecule has 1 unspecified atom stereocenters. The second-order valence-electron chi connectivity index (χ2n) is 5.17. The molecule has 3 N–H and O–H groups in total. The Kier molecular flexibility index (Phi) is 5.75. The Labute approximate surface area is 135 Å². The van der Waals surface area contributed by atoms with Crippen LogP contribution in [0.3, 0.4) is 0 Å². The van der Waals surface area contributed by atoms with Crippen molar-refractivity contribution in [2.24, 2.45) is 0 Å². The normalized spacial score (nSPS) is 17.8. The summed E-state index contributed by atoms with van der Waals surface area (Å²) in [4.78, 5) is 11.2. The summed E-state index contributed by atoms with van der Waals surface area (Å²) in [5.74, 6) is -1.20. The molecule has 1 aromatic carbocycles. The van der Waals surface area contributed by atoms with E-state index in [4.69, 9.17) is 4.74 Å². The number of carboxylic acid groups (broad SMARTS) is 1. The van der Waals surface area contributed by atoms with Crippen molar-refractivity contribution in [3.63, 3.8) is 0 Å². The molecule has 7 nitrogen and oxygen atoms in total. The van der Waals surface area contributed by atoms with Crippen molar-refractivity contribution in [1.82, 2.24) is 4.72 Å². The van der Waals surface area contributed by atoms with Gasteiger partial charge in [-0.05, 0) is 31.0 Å². The summed E-state index contributed by atoms with van der Waals surface area (Å²) in [5, 5.41) is 12.1. The fourth-order valence-electron chi connectivity index (χ4n) is 2.30. The van der Waals surface area contributed by atoms with Gasteiger partial charge in [0.25, 0.3) is 0 Å². The van der Waals surface area contributed by atoms with Gasteiger partial charge in [0.1, 0.15) is 0 Å². The first-order valence-electron chi connectivity index (χ1n) is 7.27. The Balaban J connectivity index is 2.18. The summed E-state index contributed by atoms with van der Waals surface area (Å²) in [5.41, 5.74) is 0.238. The van der Waals surface area contributed by atoms with E-state index in [1.165, 1.54) is 12.1 Å². The molecule has 1 saturated heterocycles. The molecule has 2 rings (SSSR count). The Morgan fingerprint density at radius 2 is 2.26 bits per heavy atom. The lowest BCUT2D eigenvalue weighted by atomic mass is 10.2. The van der Waals surface area contributed by atoms with Gasteiger partial charge in [0.2, 0.25) is 10.0 Å². The topological polar surface area (TPSA) is 105 Å². The van der Waals surface area contributed by atoms with Crippen LogP contribution in [0, 0.1) is 0 Å². The van der Waals surface area contributed by atoms with Gasteiger partial charge in [0.05, 0.1) is 16.6 Å². The number of aromatic carboxylic acids is 1. The van der Waals surface area contributed by atoms with Crippen molar-refractivity contribution in [2.75, 3.05) is 25.0 Å². The Morgan fingerprint density at radius 3 is 2.87 bits per heavy atom. The van der Waals surface area contributed by atoms with E-state index in [9.17, 15) is 18.3 Å². The third-order valence-electron chi connectivity index (χ3n) is 3.49. The summed E-state index contributed by atoms with van der Waals surface area (Å²) in [6, 6.07) is 3.95. The molecule has 0 spiro atoms. The van der Waals surface area contributed by atoms with Crippen LogP contribution in [0.2, 0.25) is 0 Å². The van der Waals surface area contributed by atoms with Crippen LogP contribution in [0.1, 0.15) is 23.2 Å². The summed E-state index contributed by atoms with van der Waals surface area (Å²) in [7, 11) is -3.78. The molecule has 126 valence electrons. The second-order valence-corrected chi connectivity index (χ2v) is 6.94. The number of hydrogen-bond acceptors (Lipinski definition) is 5. The number of carbonyl (C=O) groups is 1. The van der Waals surface area contributed by atoms with Crippen LogP contribution in [0.25, 0.3) is 0 Å². The number of anilines is 1. The minimum atomic E-state index is -3.78. The molecule has 0 saturated carbocycles. The maximum absolute atomic E-state index is 12.3. The molecule has 23 heavy (non-hydrogen) atoms. The van der Waals surface area contributed by atoms with Crippen LogP contribution in [0.4, 0.5) is 5.69 Å². The SMILES string of the molecule is C=CCNc1ccc(S(=O)(=O)NCC2CCCO2)cc1C(=O)O. The number of rotatable bonds is 8. The number of carboxylic acids is 1. The van der Waals surface area contributed by atoms with Gasteiger partial charge < -0.3 is 15.2 Å². The van der Waals surface area contributed by atoms with Gasteiger partial charge >= 0.3 is 5.97 Å². The van der Waals surface area contributed by atoms with Gasteiger partial charge in [0, 0.05) is 25.4 Å². The van der Waals surface area contributed by atoms with Crippen molar-refractivity contribution in [1.29, 1.82) is 0 Å². The molecule has 0 aliphatic carbocycles. The number of ether oxygens (including phenoxy) is 1. The smallest absolute Gasteiger partial charge is 0.337 e. The maximum Gasteiger partial charge on any atom is 0.337 e. The standard InChI is InChI=1S/C15H20N2O5S/c1-2-7-16-14-6-5-12(9-13(14)15(18)19)23(20,21)17-10-11-4-3-8-22-11/h2,5-6,9,11,16-17H,1,3-4,7-8,10H2,(H,18,19). The average molecular weight is 340 g/mol. The molecule has 1 fully saturated rings. The number of hydrogen-bond donors (Lipinski definition) is 3. The highest BCUT2D eigenvalue weighted by Crippen LogP contribution is 2.21. The lowest BCUT2D eigenvalue weighted by molar-refractivity contribution is 0.0697. The zero-order chi connectivity index (χ0) is 16.9. The van der Waals surface area contributed by atoms with E-state index >= 15 is 0 Å². The van der Waals surface area contributed by atoms with E-state index in [0.717, 1.165) is 18.9 Å². The number of sulfonamides is 1. The highest BCUT2D eigenvalue weighted by molar-refractivity contribution is 7.89. The summed E-state index contributed by atoms with van der Waals surface area (Å²) in [6.07, 6.45) is 3.18. The predicted octanol–water partition coefficient (Wildman–Crippen LogP) is 1.44. The highest BCUT2D eigenvalue weighted by Gasteiger charge is 2.22. The van der Waals surface area contributed by atoms with Gasteiger partial charge in [-0.3, -0.25) is 0 Å². The molecule has 0 radical (unpaired) electrons. The van der Waals surface area contributed by atoms with E-state index in [2.05, 4.69) is 16.6 Å². The molecule has 0 amide bonds. The Hall–Kier alpha value is -1.90. The van der Waals surface area contributed by atoms with E-state index in [1.54, 1.807) is 6.08 Å². The van der Waals surface area contributed by atoms with E-state index in [1.807, 2.05) is 0 Å². The Bertz CT molecular complexity index is 681. The van der Waals surface area contributed by atoms with Gasteiger partial charge in [-0.25, -0.2) is 17.9 Å². The predicted molar refractivity (Wildman–Crippen MR) is 86.3 cm³/mol. The van der Waals surface area contributed by atoms with Crippen LogP contribution in [-0.2, 0) is 14.8 Å². The zero-order valence-corrected chi connectivity index (χ0v) is 13.4. The third-order valence-corrected chi connectivity index (χ3v) is 4.91. The van der Waals surface area contributed by atoms with E-state index in [0.29, 0.717) is 18.8 Å². The van der Waals surface area contributed by atoms with E-state index in [-0.39, 0.29) is 23.1 Å². The Morgan fingerprint density at radius 1 is 1.48 bits per heavy atom. The molecule has 0 bridgehead atoms. The van der Waals surface area contributed by atoms with Crippen LogP contribution >= 0.6 is 0 Å². The summed E-state index contributed by atoms with van der Waals surface area (Å²) < 4.78 is 32.4. The van der Waals surface area contributed by atoms with Crippen LogP contribution < -0.4 is 10.0 Å². The number of nitrogens with one attached hydrogen (secondary N) is 2. The largest absolute Gasteiger partial charge is 0.478 e. The zero-order valence-electron chi connectivity index (χ0n) is 12.6. The minimum absolute atomic E-state index is 0.0861. The van der Waals surface area contributed by atoms with Crippen LogP contribution in [-0.4, -0.2) is 45.3 Å². The molecule has 1 heterocycles. The van der Waals surface area contributed by atoms with Gasteiger partial charge in [0.15, 0.2) is 0 Å². The maximum atomic E-state index is 12.3. The first kappa shape index (κ1) is 17.5. The van der Waals surface area contributed by atoms with Gasteiger partial charge in [-0.15, -0.1) is 6.58 Å². The molecule has 8 heteroatoms. The first-order chi connectivity index (χ1) is 10.9. The van der Waals surface area contributed by atoms with Gasteiger partial charge in [-0.2, -0.15) is 0 Å². The van der Waals surface area contributed by atoms with Crippen molar-refractivity contribution in [2.45, 2.75) is 23.8 Å². The van der Waals surface area contributed by atoms with Gasteiger partial charge in [-0.1, -0.05) is 6.08 Å². The van der Waals surface area contributed by atoms with Crippen molar-refractivity contribution in [3.8, 4) is 0 Å². The van der Waals surface area contributed by atoms with Crippen molar-refractivity contribution >= 4 is 21.7 Å². The first-order valence-corrected chi connectivity index (χ1v) is 8.75. The highest BCUT2D eigenvalue weighted by atomic mass is 32.2. The van der Waals surface area contributed by atoms with Crippen LogP contribution in [0.15, 0.2) is 35.7 Å².